The van der Waals surface area contributed by atoms with Crippen LogP contribution in [0.15, 0.2) is 36.5 Å². The maximum atomic E-state index is 12.2. The van der Waals surface area contributed by atoms with Gasteiger partial charge in [-0.05, 0) is 25.0 Å². The summed E-state index contributed by atoms with van der Waals surface area (Å²) < 4.78 is 0. The monoisotopic (exact) mass is 270 g/mol. The summed E-state index contributed by atoms with van der Waals surface area (Å²) in [5, 5.41) is 12.6. The molecule has 2 N–H and O–H groups in total. The maximum Gasteiger partial charge on any atom is 0.306 e. The first-order chi connectivity index (χ1) is 9.65. The minimum atomic E-state index is -0.790. The van der Waals surface area contributed by atoms with E-state index in [0.29, 0.717) is 23.9 Å². The highest BCUT2D eigenvalue weighted by molar-refractivity contribution is 6.05. The topological polar surface area (TPSA) is 79.3 Å². The lowest BCUT2D eigenvalue weighted by molar-refractivity contribution is -0.145. The average molecular weight is 270 g/mol. The van der Waals surface area contributed by atoms with E-state index in [2.05, 4.69) is 10.3 Å². The lowest BCUT2D eigenvalue weighted by Gasteiger charge is -2.32. The van der Waals surface area contributed by atoms with Gasteiger partial charge in [-0.15, -0.1) is 0 Å². The van der Waals surface area contributed by atoms with Crippen molar-refractivity contribution >= 4 is 22.8 Å². The molecule has 1 aromatic heterocycles. The number of carbonyl (C=O) groups excluding carboxylic acids is 1. The van der Waals surface area contributed by atoms with Gasteiger partial charge in [0.25, 0.3) is 5.91 Å². The molecule has 1 aliphatic carbocycles. The van der Waals surface area contributed by atoms with Crippen molar-refractivity contribution in [3.05, 3.63) is 42.1 Å². The molecule has 0 saturated heterocycles. The van der Waals surface area contributed by atoms with E-state index in [-0.39, 0.29) is 17.9 Å². The first-order valence-electron chi connectivity index (χ1n) is 6.52. The second-order valence-electron chi connectivity index (χ2n) is 5.06. The molecule has 1 fully saturated rings. The van der Waals surface area contributed by atoms with Crippen molar-refractivity contribution in [1.82, 2.24) is 10.3 Å². The zero-order valence-corrected chi connectivity index (χ0v) is 10.7. The summed E-state index contributed by atoms with van der Waals surface area (Å²) in [6.45, 7) is 0. The number of aliphatic carboxylic acids is 1. The highest BCUT2D eigenvalue weighted by atomic mass is 16.4. The molecule has 1 aromatic carbocycles. The molecule has 20 heavy (non-hydrogen) atoms. The summed E-state index contributed by atoms with van der Waals surface area (Å²) in [7, 11) is 0. The molecule has 0 spiro atoms. The SMILES string of the molecule is O=C(NC1CC(C(=O)O)C1)c1cccc2cccnc12. The van der Waals surface area contributed by atoms with Crippen LogP contribution in [0, 0.1) is 5.92 Å². The minimum absolute atomic E-state index is 0.0532. The van der Waals surface area contributed by atoms with Gasteiger partial charge in [0.15, 0.2) is 0 Å². The Morgan fingerprint density at radius 2 is 1.95 bits per heavy atom. The Labute approximate surface area is 115 Å². The Balaban J connectivity index is 1.75. The van der Waals surface area contributed by atoms with E-state index < -0.39 is 5.97 Å². The average Bonchev–Trinajstić information content (AvgIpc) is 2.41. The van der Waals surface area contributed by atoms with Crippen molar-refractivity contribution in [2.45, 2.75) is 18.9 Å². The summed E-state index contributed by atoms with van der Waals surface area (Å²) in [6.07, 6.45) is 2.65. The highest BCUT2D eigenvalue weighted by Gasteiger charge is 2.35. The summed E-state index contributed by atoms with van der Waals surface area (Å²) in [4.78, 5) is 27.2. The van der Waals surface area contributed by atoms with Crippen LogP contribution in [0.3, 0.4) is 0 Å². The van der Waals surface area contributed by atoms with Gasteiger partial charge in [-0.2, -0.15) is 0 Å². The fourth-order valence-electron chi connectivity index (χ4n) is 2.49. The number of carbonyl (C=O) groups is 2. The second kappa shape index (κ2) is 4.92. The van der Waals surface area contributed by atoms with Crippen molar-refractivity contribution in [2.75, 3.05) is 0 Å². The molecule has 2 aromatic rings. The normalized spacial score (nSPS) is 21.2. The lowest BCUT2D eigenvalue weighted by atomic mass is 9.80. The number of hydrogen-bond acceptors (Lipinski definition) is 3. The Morgan fingerprint density at radius 3 is 2.70 bits per heavy atom. The largest absolute Gasteiger partial charge is 0.481 e. The third-order valence-corrected chi connectivity index (χ3v) is 3.70. The quantitative estimate of drug-likeness (QED) is 0.891. The van der Waals surface area contributed by atoms with Crippen LogP contribution >= 0.6 is 0 Å². The molecule has 1 aliphatic rings. The fourth-order valence-corrected chi connectivity index (χ4v) is 2.49. The molecule has 0 atom stereocenters. The molecule has 0 unspecified atom stereocenters. The number of carboxylic acids is 1. The van der Waals surface area contributed by atoms with Crippen LogP contribution in [-0.4, -0.2) is 28.0 Å². The first kappa shape index (κ1) is 12.6. The van der Waals surface area contributed by atoms with Crippen LogP contribution in [0.2, 0.25) is 0 Å². The summed E-state index contributed by atoms with van der Waals surface area (Å²) in [6, 6.07) is 9.14. The number of nitrogens with zero attached hydrogens (tertiary/aromatic N) is 1. The number of para-hydroxylation sites is 1. The molecular formula is C15H14N2O3. The van der Waals surface area contributed by atoms with Crippen LogP contribution in [0.5, 0.6) is 0 Å². The summed E-state index contributed by atoms with van der Waals surface area (Å²) in [5.41, 5.74) is 1.20. The van der Waals surface area contributed by atoms with Gasteiger partial charge in [-0.25, -0.2) is 0 Å². The molecule has 0 aliphatic heterocycles. The number of pyridine rings is 1. The number of rotatable bonds is 3. The second-order valence-corrected chi connectivity index (χ2v) is 5.06. The van der Waals surface area contributed by atoms with Gasteiger partial charge < -0.3 is 10.4 Å². The van der Waals surface area contributed by atoms with Crippen LogP contribution in [-0.2, 0) is 4.79 Å². The standard InChI is InChI=1S/C15H14N2O3/c18-14(17-11-7-10(8-11)15(19)20)12-5-1-3-9-4-2-6-16-13(9)12/h1-6,10-11H,7-8H2,(H,17,18)(H,19,20). The summed E-state index contributed by atoms with van der Waals surface area (Å²) in [5.74, 6) is -1.31. The number of fused-ring (bicyclic) bond motifs is 1. The highest BCUT2D eigenvalue weighted by Crippen LogP contribution is 2.28. The van der Waals surface area contributed by atoms with E-state index in [4.69, 9.17) is 5.11 Å². The van der Waals surface area contributed by atoms with Crippen molar-refractivity contribution in [1.29, 1.82) is 0 Å². The molecule has 0 bridgehead atoms. The van der Waals surface area contributed by atoms with E-state index in [9.17, 15) is 9.59 Å². The van der Waals surface area contributed by atoms with Crippen LogP contribution < -0.4 is 5.32 Å². The van der Waals surface area contributed by atoms with Crippen molar-refractivity contribution < 1.29 is 14.7 Å². The molecule has 1 amide bonds. The maximum absolute atomic E-state index is 12.2. The fraction of sp³-hybridized carbons (Fsp3) is 0.267. The number of amides is 1. The lowest BCUT2D eigenvalue weighted by Crippen LogP contribution is -2.46. The first-order valence-corrected chi connectivity index (χ1v) is 6.52. The number of carboxylic acid groups (broad SMARTS) is 1. The van der Waals surface area contributed by atoms with Crippen molar-refractivity contribution in [2.24, 2.45) is 5.92 Å². The van der Waals surface area contributed by atoms with Gasteiger partial charge in [-0.1, -0.05) is 18.2 Å². The number of benzene rings is 1. The van der Waals surface area contributed by atoms with Crippen molar-refractivity contribution in [3.8, 4) is 0 Å². The van der Waals surface area contributed by atoms with Crippen LogP contribution in [0.1, 0.15) is 23.2 Å². The summed E-state index contributed by atoms with van der Waals surface area (Å²) >= 11 is 0. The van der Waals surface area contributed by atoms with Crippen molar-refractivity contribution in [3.63, 3.8) is 0 Å². The van der Waals surface area contributed by atoms with E-state index in [1.165, 1.54) is 0 Å². The Kier molecular flexibility index (Phi) is 3.10. The smallest absolute Gasteiger partial charge is 0.306 e. The van der Waals surface area contributed by atoms with Gasteiger partial charge in [0.1, 0.15) is 0 Å². The molecule has 1 heterocycles. The van der Waals surface area contributed by atoms with Gasteiger partial charge in [0.2, 0.25) is 0 Å². The third kappa shape index (κ3) is 2.22. The third-order valence-electron chi connectivity index (χ3n) is 3.70. The molecule has 0 radical (unpaired) electrons. The Hall–Kier alpha value is -2.43. The van der Waals surface area contributed by atoms with Gasteiger partial charge in [-0.3, -0.25) is 14.6 Å². The Bertz CT molecular complexity index is 672. The van der Waals surface area contributed by atoms with E-state index in [0.717, 1.165) is 5.39 Å². The van der Waals surface area contributed by atoms with E-state index >= 15 is 0 Å². The molecular weight excluding hydrogens is 256 g/mol. The zero-order chi connectivity index (χ0) is 14.1. The molecule has 3 rings (SSSR count). The number of aromatic nitrogens is 1. The predicted molar refractivity (Wildman–Crippen MR) is 73.4 cm³/mol. The Morgan fingerprint density at radius 1 is 1.20 bits per heavy atom. The minimum Gasteiger partial charge on any atom is -0.481 e. The van der Waals surface area contributed by atoms with E-state index in [1.807, 2.05) is 24.3 Å². The van der Waals surface area contributed by atoms with Gasteiger partial charge in [0.05, 0.1) is 17.0 Å². The number of hydrogen-bond donors (Lipinski definition) is 2. The predicted octanol–water partition coefficient (Wildman–Crippen LogP) is 1.83. The zero-order valence-electron chi connectivity index (χ0n) is 10.7. The number of nitrogens with one attached hydrogen (secondary N) is 1. The van der Waals surface area contributed by atoms with Crippen LogP contribution in [0.4, 0.5) is 0 Å². The molecule has 1 saturated carbocycles. The van der Waals surface area contributed by atoms with Crippen LogP contribution in [0.25, 0.3) is 10.9 Å². The molecule has 102 valence electrons. The van der Waals surface area contributed by atoms with Gasteiger partial charge in [0, 0.05) is 17.6 Å². The molecule has 5 nitrogen and oxygen atoms in total. The molecule has 5 heteroatoms. The van der Waals surface area contributed by atoms with Gasteiger partial charge >= 0.3 is 5.97 Å². The van der Waals surface area contributed by atoms with E-state index in [1.54, 1.807) is 12.3 Å².